The van der Waals surface area contributed by atoms with Crippen LogP contribution in [0, 0.1) is 17.2 Å². The third-order valence-electron chi connectivity index (χ3n) is 5.03. The van der Waals surface area contributed by atoms with E-state index in [9.17, 15) is 10.1 Å². The molecular formula is C19H24N4O2. The van der Waals surface area contributed by atoms with Gasteiger partial charge < -0.3 is 14.5 Å². The Kier molecular flexibility index (Phi) is 4.93. The van der Waals surface area contributed by atoms with Crippen LogP contribution in [-0.2, 0) is 4.79 Å². The van der Waals surface area contributed by atoms with Crippen molar-refractivity contribution in [1.29, 1.82) is 5.26 Å². The van der Waals surface area contributed by atoms with E-state index in [1.807, 2.05) is 11.0 Å². The molecule has 0 unspecified atom stereocenters. The average molecular weight is 340 g/mol. The number of nitrogens with zero attached hydrogens (tertiary/aromatic N) is 4. The largest absolute Gasteiger partial charge is 0.480 e. The Morgan fingerprint density at radius 1 is 1.44 bits per heavy atom. The Balaban J connectivity index is 1.92. The number of hydrogen-bond acceptors (Lipinski definition) is 5. The maximum atomic E-state index is 12.8. The highest BCUT2D eigenvalue weighted by molar-refractivity contribution is 5.82. The first kappa shape index (κ1) is 17.3. The van der Waals surface area contributed by atoms with Crippen molar-refractivity contribution in [3.8, 4) is 11.9 Å². The third-order valence-corrected chi connectivity index (χ3v) is 5.03. The average Bonchev–Trinajstić information content (AvgIpc) is 2.90. The lowest BCUT2D eigenvalue weighted by molar-refractivity contribution is -0.139. The molecular weight excluding hydrogens is 316 g/mol. The number of rotatable bonds is 4. The molecule has 4 rings (SSSR count). The van der Waals surface area contributed by atoms with Crippen molar-refractivity contribution in [2.45, 2.75) is 32.7 Å². The van der Waals surface area contributed by atoms with Gasteiger partial charge in [-0.2, -0.15) is 5.26 Å². The van der Waals surface area contributed by atoms with E-state index in [0.29, 0.717) is 24.5 Å². The molecule has 25 heavy (non-hydrogen) atoms. The number of ether oxygens (including phenoxy) is 1. The van der Waals surface area contributed by atoms with Gasteiger partial charge in [0, 0.05) is 31.9 Å². The summed E-state index contributed by atoms with van der Waals surface area (Å²) in [6.45, 7) is 6.15. The number of nitriles is 1. The van der Waals surface area contributed by atoms with Crippen LogP contribution in [0.3, 0.4) is 0 Å². The number of carbonyl (C=O) groups is 1. The second-order valence-electron chi connectivity index (χ2n) is 6.93. The molecule has 2 bridgehead atoms. The zero-order valence-electron chi connectivity index (χ0n) is 15.0. The fraction of sp³-hybridized carbons (Fsp3) is 0.526. The van der Waals surface area contributed by atoms with Crippen LogP contribution in [0.4, 0.5) is 5.69 Å². The molecule has 0 spiro atoms. The minimum absolute atomic E-state index is 0.0185. The van der Waals surface area contributed by atoms with Crippen LogP contribution in [0.5, 0.6) is 5.88 Å². The second kappa shape index (κ2) is 7.14. The van der Waals surface area contributed by atoms with Crippen LogP contribution < -0.4 is 9.64 Å². The first-order chi connectivity index (χ1) is 12.0. The molecule has 0 radical (unpaired) electrons. The first-order valence-corrected chi connectivity index (χ1v) is 8.67. The number of hydrogen-bond donors (Lipinski definition) is 0. The maximum Gasteiger partial charge on any atom is 0.233 e. The van der Waals surface area contributed by atoms with E-state index in [1.54, 1.807) is 6.20 Å². The van der Waals surface area contributed by atoms with Gasteiger partial charge >= 0.3 is 0 Å². The molecule has 132 valence electrons. The van der Waals surface area contributed by atoms with Crippen molar-refractivity contribution < 1.29 is 9.53 Å². The molecule has 2 atom stereocenters. The van der Waals surface area contributed by atoms with Crippen molar-refractivity contribution >= 4 is 11.6 Å². The summed E-state index contributed by atoms with van der Waals surface area (Å²) in [6, 6.07) is 4.23. The van der Waals surface area contributed by atoms with Gasteiger partial charge in [-0.1, -0.05) is 11.6 Å². The molecule has 3 aliphatic heterocycles. The lowest BCUT2D eigenvalue weighted by atomic mass is 9.94. The number of carbonyl (C=O) groups excluding carboxylic acids is 1. The summed E-state index contributed by atoms with van der Waals surface area (Å²) in [5, 5.41) is 9.55. The number of fused-ring (bicyclic) bond motifs is 4. The molecule has 3 aliphatic rings. The van der Waals surface area contributed by atoms with Gasteiger partial charge in [0.05, 0.1) is 18.7 Å². The standard InChI is InChI=1S/C19H24N4O2/c1-13(2)7-9-23-15-5-4-14(19(23)24)11-22(12-15)17-6-8-21-18(25-3)16(17)10-20/h6-8,14-15H,4-5,9,11-12H2,1-3H3/t14-,15+/m1/s1. The maximum absolute atomic E-state index is 12.8. The van der Waals surface area contributed by atoms with Gasteiger partial charge in [0.2, 0.25) is 11.8 Å². The molecule has 0 saturated carbocycles. The molecule has 6 nitrogen and oxygen atoms in total. The number of piperidine rings is 1. The molecule has 4 heterocycles. The molecule has 3 saturated heterocycles. The van der Waals surface area contributed by atoms with Crippen molar-refractivity contribution in [3.05, 3.63) is 29.5 Å². The van der Waals surface area contributed by atoms with E-state index in [0.717, 1.165) is 25.1 Å². The Morgan fingerprint density at radius 3 is 2.92 bits per heavy atom. The number of methoxy groups -OCH3 is 1. The fourth-order valence-electron chi connectivity index (χ4n) is 3.71. The van der Waals surface area contributed by atoms with Crippen LogP contribution in [0.2, 0.25) is 0 Å². The van der Waals surface area contributed by atoms with Gasteiger partial charge in [0.25, 0.3) is 0 Å². The Hall–Kier alpha value is -2.55. The zero-order chi connectivity index (χ0) is 18.0. The van der Waals surface area contributed by atoms with Crippen LogP contribution in [0.25, 0.3) is 0 Å². The van der Waals surface area contributed by atoms with Gasteiger partial charge in [-0.3, -0.25) is 4.79 Å². The number of pyridine rings is 1. The quantitative estimate of drug-likeness (QED) is 0.787. The monoisotopic (exact) mass is 340 g/mol. The van der Waals surface area contributed by atoms with Crippen LogP contribution >= 0.6 is 0 Å². The Bertz CT molecular complexity index is 733. The second-order valence-corrected chi connectivity index (χ2v) is 6.93. The van der Waals surface area contributed by atoms with Crippen LogP contribution in [-0.4, -0.2) is 48.6 Å². The number of allylic oxidation sites excluding steroid dienone is 1. The zero-order valence-corrected chi connectivity index (χ0v) is 15.0. The van der Waals surface area contributed by atoms with E-state index < -0.39 is 0 Å². The number of amides is 1. The molecule has 1 aromatic rings. The van der Waals surface area contributed by atoms with Gasteiger partial charge in [0.15, 0.2) is 0 Å². The lowest BCUT2D eigenvalue weighted by Crippen LogP contribution is -2.47. The Morgan fingerprint density at radius 2 is 2.24 bits per heavy atom. The van der Waals surface area contributed by atoms with E-state index in [4.69, 9.17) is 4.74 Å². The normalized spacial score (nSPS) is 22.4. The summed E-state index contributed by atoms with van der Waals surface area (Å²) in [6.07, 6.45) is 5.69. The van der Waals surface area contributed by atoms with Crippen molar-refractivity contribution in [2.75, 3.05) is 31.6 Å². The number of aromatic nitrogens is 1. The predicted octanol–water partition coefficient (Wildman–Crippen LogP) is 2.36. The van der Waals surface area contributed by atoms with Gasteiger partial charge in [-0.25, -0.2) is 4.98 Å². The molecule has 0 aliphatic carbocycles. The van der Waals surface area contributed by atoms with Crippen molar-refractivity contribution in [1.82, 2.24) is 9.88 Å². The minimum atomic E-state index is -0.0185. The molecule has 0 aromatic carbocycles. The van der Waals surface area contributed by atoms with Gasteiger partial charge in [-0.15, -0.1) is 0 Å². The topological polar surface area (TPSA) is 69.5 Å². The minimum Gasteiger partial charge on any atom is -0.480 e. The van der Waals surface area contributed by atoms with Crippen molar-refractivity contribution in [3.63, 3.8) is 0 Å². The van der Waals surface area contributed by atoms with Crippen molar-refractivity contribution in [2.24, 2.45) is 5.92 Å². The van der Waals surface area contributed by atoms with E-state index in [1.165, 1.54) is 12.7 Å². The molecule has 0 N–H and O–H groups in total. The summed E-state index contributed by atoms with van der Waals surface area (Å²) in [5.74, 6) is 0.551. The highest BCUT2D eigenvalue weighted by atomic mass is 16.5. The van der Waals surface area contributed by atoms with Gasteiger partial charge in [0.1, 0.15) is 11.6 Å². The third kappa shape index (κ3) is 3.32. The Labute approximate surface area is 148 Å². The van der Waals surface area contributed by atoms with E-state index in [-0.39, 0.29) is 17.9 Å². The summed E-state index contributed by atoms with van der Waals surface area (Å²) in [4.78, 5) is 21.1. The lowest BCUT2D eigenvalue weighted by Gasteiger charge is -2.35. The summed E-state index contributed by atoms with van der Waals surface area (Å²) in [5.41, 5.74) is 2.47. The summed E-state index contributed by atoms with van der Waals surface area (Å²) in [7, 11) is 1.52. The van der Waals surface area contributed by atoms with Crippen LogP contribution in [0.15, 0.2) is 23.9 Å². The smallest absolute Gasteiger partial charge is 0.233 e. The molecule has 3 fully saturated rings. The molecule has 1 aromatic heterocycles. The van der Waals surface area contributed by atoms with Crippen LogP contribution in [0.1, 0.15) is 32.3 Å². The predicted molar refractivity (Wildman–Crippen MR) is 95.4 cm³/mol. The number of anilines is 1. The molecule has 6 heteroatoms. The highest BCUT2D eigenvalue weighted by Crippen LogP contribution is 2.34. The van der Waals surface area contributed by atoms with Gasteiger partial charge in [-0.05, 0) is 32.8 Å². The highest BCUT2D eigenvalue weighted by Gasteiger charge is 2.40. The molecule has 1 amide bonds. The summed E-state index contributed by atoms with van der Waals surface area (Å²) < 4.78 is 5.23. The fourth-order valence-corrected chi connectivity index (χ4v) is 3.71. The summed E-state index contributed by atoms with van der Waals surface area (Å²) >= 11 is 0. The first-order valence-electron chi connectivity index (χ1n) is 8.67. The van der Waals surface area contributed by atoms with E-state index >= 15 is 0 Å². The SMILES string of the molecule is COc1nccc(N2C[C@H]3CC[C@@H](C2)N(CC=C(C)C)C3=O)c1C#N. The van der Waals surface area contributed by atoms with E-state index in [2.05, 4.69) is 35.9 Å².